The Morgan fingerprint density at radius 3 is 2.27 bits per heavy atom. The first-order valence-corrected chi connectivity index (χ1v) is 7.11. The minimum atomic E-state index is 0.734. The number of aromatic nitrogens is 2. The molecule has 0 aliphatic rings. The number of benzene rings is 2. The van der Waals surface area contributed by atoms with E-state index in [1.165, 1.54) is 5.56 Å². The molecule has 3 rings (SSSR count). The lowest BCUT2D eigenvalue weighted by Crippen LogP contribution is -2.02. The van der Waals surface area contributed by atoms with E-state index >= 15 is 0 Å². The molecule has 0 spiro atoms. The summed E-state index contributed by atoms with van der Waals surface area (Å²) in [5.74, 6) is 1.60. The molecule has 2 aromatic carbocycles. The van der Waals surface area contributed by atoms with Crippen LogP contribution in [0.4, 0.5) is 5.82 Å². The highest BCUT2D eigenvalue weighted by Gasteiger charge is 2.02. The lowest BCUT2D eigenvalue weighted by molar-refractivity contribution is 0.415. The van der Waals surface area contributed by atoms with Crippen molar-refractivity contribution < 1.29 is 4.74 Å². The Bertz CT molecular complexity index is 710. The van der Waals surface area contributed by atoms with E-state index in [1.54, 1.807) is 7.11 Å². The second-order valence-electron chi connectivity index (χ2n) is 4.87. The summed E-state index contributed by atoms with van der Waals surface area (Å²) in [5.41, 5.74) is 3.07. The number of nitrogens with one attached hydrogen (secondary N) is 1. The van der Waals surface area contributed by atoms with Crippen molar-refractivity contribution in [1.29, 1.82) is 0 Å². The second kappa shape index (κ2) is 6.72. The van der Waals surface area contributed by atoms with Gasteiger partial charge in [-0.2, -0.15) is 0 Å². The molecule has 0 fully saturated rings. The molecule has 1 aromatic heterocycles. The fourth-order valence-corrected chi connectivity index (χ4v) is 2.13. The molecule has 1 N–H and O–H groups in total. The van der Waals surface area contributed by atoms with Crippen molar-refractivity contribution in [3.8, 4) is 17.0 Å². The van der Waals surface area contributed by atoms with Crippen molar-refractivity contribution in [2.75, 3.05) is 12.4 Å². The lowest BCUT2D eigenvalue weighted by Gasteiger charge is -2.06. The quantitative estimate of drug-likeness (QED) is 0.777. The zero-order chi connectivity index (χ0) is 15.2. The predicted molar refractivity (Wildman–Crippen MR) is 87.8 cm³/mol. The molecule has 0 amide bonds. The van der Waals surface area contributed by atoms with Gasteiger partial charge < -0.3 is 10.1 Å². The van der Waals surface area contributed by atoms with Gasteiger partial charge in [-0.1, -0.05) is 30.3 Å². The molecule has 0 saturated heterocycles. The maximum absolute atomic E-state index is 5.15. The van der Waals surface area contributed by atoms with Crippen molar-refractivity contribution >= 4 is 5.82 Å². The molecule has 110 valence electrons. The van der Waals surface area contributed by atoms with Crippen LogP contribution in [0, 0.1) is 0 Å². The SMILES string of the molecule is COc1ccc(-c2ccc(NCc3ccccc3)nn2)cc1. The summed E-state index contributed by atoms with van der Waals surface area (Å²) in [7, 11) is 1.65. The van der Waals surface area contributed by atoms with E-state index in [2.05, 4.69) is 27.6 Å². The fourth-order valence-electron chi connectivity index (χ4n) is 2.13. The second-order valence-corrected chi connectivity index (χ2v) is 4.87. The van der Waals surface area contributed by atoms with Gasteiger partial charge in [0.25, 0.3) is 0 Å². The minimum absolute atomic E-state index is 0.734. The summed E-state index contributed by atoms with van der Waals surface area (Å²) in [5, 5.41) is 11.7. The molecular formula is C18H17N3O. The Kier molecular flexibility index (Phi) is 4.30. The van der Waals surface area contributed by atoms with E-state index in [1.807, 2.05) is 54.6 Å². The average molecular weight is 291 g/mol. The third-order valence-corrected chi connectivity index (χ3v) is 3.37. The Morgan fingerprint density at radius 1 is 0.864 bits per heavy atom. The average Bonchev–Trinajstić information content (AvgIpc) is 2.61. The van der Waals surface area contributed by atoms with Gasteiger partial charge in [-0.05, 0) is 42.0 Å². The third kappa shape index (κ3) is 3.41. The first kappa shape index (κ1) is 14.1. The Morgan fingerprint density at radius 2 is 1.64 bits per heavy atom. The van der Waals surface area contributed by atoms with E-state index in [-0.39, 0.29) is 0 Å². The van der Waals surface area contributed by atoms with Crippen molar-refractivity contribution in [3.05, 3.63) is 72.3 Å². The molecule has 0 saturated carbocycles. The lowest BCUT2D eigenvalue weighted by atomic mass is 10.1. The van der Waals surface area contributed by atoms with Crippen LogP contribution in [0.5, 0.6) is 5.75 Å². The number of hydrogen-bond acceptors (Lipinski definition) is 4. The number of nitrogens with zero attached hydrogens (tertiary/aromatic N) is 2. The van der Waals surface area contributed by atoms with Crippen LogP contribution < -0.4 is 10.1 Å². The molecule has 3 aromatic rings. The standard InChI is InChI=1S/C18H17N3O/c1-22-16-9-7-15(8-10-16)17-11-12-18(21-20-17)19-13-14-5-3-2-4-6-14/h2-12H,13H2,1H3,(H,19,21). The van der Waals surface area contributed by atoms with Gasteiger partial charge in [0.1, 0.15) is 11.6 Å². The van der Waals surface area contributed by atoms with Crippen LogP contribution in [-0.4, -0.2) is 17.3 Å². The minimum Gasteiger partial charge on any atom is -0.497 e. The van der Waals surface area contributed by atoms with Crippen molar-refractivity contribution in [2.45, 2.75) is 6.54 Å². The first-order valence-electron chi connectivity index (χ1n) is 7.11. The van der Waals surface area contributed by atoms with E-state index in [9.17, 15) is 0 Å². The van der Waals surface area contributed by atoms with Gasteiger partial charge in [0, 0.05) is 12.1 Å². The van der Waals surface area contributed by atoms with Crippen molar-refractivity contribution in [1.82, 2.24) is 10.2 Å². The Hall–Kier alpha value is -2.88. The molecule has 0 aliphatic heterocycles. The highest BCUT2D eigenvalue weighted by Crippen LogP contribution is 2.20. The number of ether oxygens (including phenoxy) is 1. The maximum Gasteiger partial charge on any atom is 0.148 e. The summed E-state index contributed by atoms with van der Waals surface area (Å²) >= 11 is 0. The molecule has 22 heavy (non-hydrogen) atoms. The largest absolute Gasteiger partial charge is 0.497 e. The van der Waals surface area contributed by atoms with E-state index in [0.29, 0.717) is 0 Å². The van der Waals surface area contributed by atoms with Crippen molar-refractivity contribution in [2.24, 2.45) is 0 Å². The monoisotopic (exact) mass is 291 g/mol. The topological polar surface area (TPSA) is 47.0 Å². The molecule has 0 aliphatic carbocycles. The van der Waals surface area contributed by atoms with Gasteiger partial charge in [-0.25, -0.2) is 0 Å². The Balaban J connectivity index is 1.67. The number of methoxy groups -OCH3 is 1. The normalized spacial score (nSPS) is 10.2. The number of hydrogen-bond donors (Lipinski definition) is 1. The van der Waals surface area contributed by atoms with E-state index < -0.39 is 0 Å². The summed E-state index contributed by atoms with van der Waals surface area (Å²) in [6.45, 7) is 0.734. The van der Waals surface area contributed by atoms with Crippen LogP contribution in [0.15, 0.2) is 66.7 Å². The summed E-state index contributed by atoms with van der Waals surface area (Å²) in [6, 6.07) is 21.9. The van der Waals surface area contributed by atoms with Crippen LogP contribution in [0.1, 0.15) is 5.56 Å². The van der Waals surface area contributed by atoms with Crippen LogP contribution in [0.25, 0.3) is 11.3 Å². The molecule has 1 heterocycles. The van der Waals surface area contributed by atoms with Crippen LogP contribution in [-0.2, 0) is 6.54 Å². The van der Waals surface area contributed by atoms with Gasteiger partial charge in [0.2, 0.25) is 0 Å². The van der Waals surface area contributed by atoms with Crippen LogP contribution in [0.2, 0.25) is 0 Å². The molecular weight excluding hydrogens is 274 g/mol. The van der Waals surface area contributed by atoms with E-state index in [0.717, 1.165) is 29.4 Å². The summed E-state index contributed by atoms with van der Waals surface area (Å²) in [6.07, 6.45) is 0. The number of rotatable bonds is 5. The third-order valence-electron chi connectivity index (χ3n) is 3.37. The number of anilines is 1. The molecule has 4 nitrogen and oxygen atoms in total. The zero-order valence-electron chi connectivity index (χ0n) is 12.4. The predicted octanol–water partition coefficient (Wildman–Crippen LogP) is 3.76. The smallest absolute Gasteiger partial charge is 0.148 e. The highest BCUT2D eigenvalue weighted by atomic mass is 16.5. The summed E-state index contributed by atoms with van der Waals surface area (Å²) in [4.78, 5) is 0. The molecule has 0 radical (unpaired) electrons. The fraction of sp³-hybridized carbons (Fsp3) is 0.111. The van der Waals surface area contributed by atoms with Gasteiger partial charge in [-0.15, -0.1) is 10.2 Å². The van der Waals surface area contributed by atoms with Gasteiger partial charge in [0.15, 0.2) is 0 Å². The summed E-state index contributed by atoms with van der Waals surface area (Å²) < 4.78 is 5.15. The van der Waals surface area contributed by atoms with Crippen LogP contribution in [0.3, 0.4) is 0 Å². The molecule has 0 atom stereocenters. The zero-order valence-corrected chi connectivity index (χ0v) is 12.4. The highest BCUT2D eigenvalue weighted by molar-refractivity contribution is 5.60. The van der Waals surface area contributed by atoms with E-state index in [4.69, 9.17) is 4.74 Å². The van der Waals surface area contributed by atoms with Crippen LogP contribution >= 0.6 is 0 Å². The molecule has 0 bridgehead atoms. The Labute approximate surface area is 129 Å². The van der Waals surface area contributed by atoms with Gasteiger partial charge in [-0.3, -0.25) is 0 Å². The maximum atomic E-state index is 5.15. The van der Waals surface area contributed by atoms with Gasteiger partial charge >= 0.3 is 0 Å². The van der Waals surface area contributed by atoms with Crippen molar-refractivity contribution in [3.63, 3.8) is 0 Å². The molecule has 0 unspecified atom stereocenters. The van der Waals surface area contributed by atoms with Gasteiger partial charge in [0.05, 0.1) is 12.8 Å². The first-order chi connectivity index (χ1) is 10.8. The molecule has 4 heteroatoms.